The van der Waals surface area contributed by atoms with Crippen molar-refractivity contribution < 1.29 is 13.2 Å². The third-order valence-corrected chi connectivity index (χ3v) is 6.03. The van der Waals surface area contributed by atoms with Gasteiger partial charge in [-0.05, 0) is 42.3 Å². The number of carbonyl (C=O) groups excluding carboxylic acids is 1. The number of amidine groups is 1. The highest BCUT2D eigenvalue weighted by Gasteiger charge is 2.19. The van der Waals surface area contributed by atoms with Crippen molar-refractivity contribution in [3.8, 4) is 11.1 Å². The minimum absolute atomic E-state index is 0.0424. The van der Waals surface area contributed by atoms with Crippen LogP contribution in [0.1, 0.15) is 25.3 Å². The van der Waals surface area contributed by atoms with Crippen LogP contribution in [0.15, 0.2) is 77.7 Å². The van der Waals surface area contributed by atoms with Crippen molar-refractivity contribution in [2.24, 2.45) is 10.9 Å². The molecule has 8 nitrogen and oxygen atoms in total. The van der Waals surface area contributed by atoms with Crippen molar-refractivity contribution in [3.05, 3.63) is 78.4 Å². The molecule has 0 aliphatic rings. The molecule has 3 aromatic carbocycles. The molecule has 0 spiro atoms. The van der Waals surface area contributed by atoms with Crippen LogP contribution in [0.4, 0.5) is 11.4 Å². The maximum absolute atomic E-state index is 12.9. The molecule has 3 aromatic rings. The highest BCUT2D eigenvalue weighted by molar-refractivity contribution is 7.89. The first kappa shape index (κ1) is 24.0. The molecule has 0 fully saturated rings. The van der Waals surface area contributed by atoms with E-state index in [1.165, 1.54) is 6.07 Å². The lowest BCUT2D eigenvalue weighted by Gasteiger charge is -2.19. The first-order valence-electron chi connectivity index (χ1n) is 10.4. The second-order valence-electron chi connectivity index (χ2n) is 7.59. The molecule has 33 heavy (non-hydrogen) atoms. The third kappa shape index (κ3) is 6.18. The van der Waals surface area contributed by atoms with Gasteiger partial charge in [0.05, 0.1) is 4.90 Å². The maximum atomic E-state index is 12.9. The number of nitrogen functional groups attached to an aromatic ring is 1. The fraction of sp³-hybridized carbons (Fsp3) is 0.167. The lowest BCUT2D eigenvalue weighted by atomic mass is 10.1. The first-order valence-corrected chi connectivity index (χ1v) is 12.0. The summed E-state index contributed by atoms with van der Waals surface area (Å²) < 4.78 is 23.8. The molecule has 0 saturated heterocycles. The predicted octanol–water partition coefficient (Wildman–Crippen LogP) is 3.50. The fourth-order valence-electron chi connectivity index (χ4n) is 3.45. The quantitative estimate of drug-likeness (QED) is 0.242. The molecule has 0 radical (unpaired) electrons. The van der Waals surface area contributed by atoms with E-state index in [4.69, 9.17) is 16.3 Å². The highest BCUT2D eigenvalue weighted by Crippen LogP contribution is 2.27. The van der Waals surface area contributed by atoms with Crippen LogP contribution in [-0.2, 0) is 14.8 Å². The number of rotatable bonds is 9. The van der Waals surface area contributed by atoms with E-state index in [9.17, 15) is 13.2 Å². The van der Waals surface area contributed by atoms with Gasteiger partial charge in [0.1, 0.15) is 11.9 Å². The minimum atomic E-state index is -3.87. The Morgan fingerprint density at radius 1 is 1.00 bits per heavy atom. The van der Waals surface area contributed by atoms with E-state index >= 15 is 0 Å². The van der Waals surface area contributed by atoms with Gasteiger partial charge in [-0.3, -0.25) is 10.2 Å². The summed E-state index contributed by atoms with van der Waals surface area (Å²) in [7, 11) is -3.87. The Hall–Kier alpha value is -3.69. The van der Waals surface area contributed by atoms with E-state index in [0.29, 0.717) is 34.5 Å². The van der Waals surface area contributed by atoms with Gasteiger partial charge in [-0.15, -0.1) is 0 Å². The smallest absolute Gasteiger partial charge is 0.246 e. The van der Waals surface area contributed by atoms with Gasteiger partial charge < -0.3 is 16.4 Å². The molecule has 0 bridgehead atoms. The molecule has 0 saturated carbocycles. The standard InChI is InChI=1S/C24H27N5O3S/c1-2-6-21(28-19-8-5-7-17(15-19)23(25)26)24(30)29-18-13-11-16(12-14-18)20-9-3-4-10-22(20)33(27,31)32/h3-5,7-15,21,28H,2,6H2,1H3,(H3,25,26)(H,29,30)(H2,27,31,32)/t21-/m0/s1. The summed E-state index contributed by atoms with van der Waals surface area (Å²) in [5.41, 5.74) is 8.58. The second kappa shape index (κ2) is 10.3. The van der Waals surface area contributed by atoms with Gasteiger partial charge in [0.15, 0.2) is 0 Å². The average molecular weight is 466 g/mol. The molecule has 0 aliphatic carbocycles. The summed E-state index contributed by atoms with van der Waals surface area (Å²) in [5, 5.41) is 19.0. The van der Waals surface area contributed by atoms with Gasteiger partial charge in [0.2, 0.25) is 15.9 Å². The Kier molecular flexibility index (Phi) is 7.47. The van der Waals surface area contributed by atoms with Crippen LogP contribution in [0, 0.1) is 5.41 Å². The number of carbonyl (C=O) groups is 1. The summed E-state index contributed by atoms with van der Waals surface area (Å²) in [5.74, 6) is -0.248. The van der Waals surface area contributed by atoms with Crippen molar-refractivity contribution in [1.29, 1.82) is 5.41 Å². The Labute approximate surface area is 193 Å². The Morgan fingerprint density at radius 2 is 1.70 bits per heavy atom. The summed E-state index contributed by atoms with van der Waals surface area (Å²) in [6.45, 7) is 1.99. The van der Waals surface area contributed by atoms with E-state index in [2.05, 4.69) is 10.6 Å². The molecule has 0 unspecified atom stereocenters. The Bertz CT molecular complexity index is 1260. The average Bonchev–Trinajstić information content (AvgIpc) is 2.79. The van der Waals surface area contributed by atoms with Crippen LogP contribution < -0.4 is 21.5 Å². The predicted molar refractivity (Wildman–Crippen MR) is 132 cm³/mol. The lowest BCUT2D eigenvalue weighted by molar-refractivity contribution is -0.117. The topological polar surface area (TPSA) is 151 Å². The van der Waals surface area contributed by atoms with Gasteiger partial charge in [0, 0.05) is 22.5 Å². The number of anilines is 2. The zero-order valence-corrected chi connectivity index (χ0v) is 19.0. The highest BCUT2D eigenvalue weighted by atomic mass is 32.2. The maximum Gasteiger partial charge on any atom is 0.246 e. The summed E-state index contributed by atoms with van der Waals surface area (Å²) >= 11 is 0. The second-order valence-corrected chi connectivity index (χ2v) is 9.12. The van der Waals surface area contributed by atoms with Gasteiger partial charge in [-0.2, -0.15) is 0 Å². The molecule has 1 atom stereocenters. The van der Waals surface area contributed by atoms with Crippen LogP contribution >= 0.6 is 0 Å². The first-order chi connectivity index (χ1) is 15.7. The number of hydrogen-bond acceptors (Lipinski definition) is 5. The number of benzene rings is 3. The fourth-order valence-corrected chi connectivity index (χ4v) is 4.21. The van der Waals surface area contributed by atoms with Crippen LogP contribution in [-0.4, -0.2) is 26.2 Å². The van der Waals surface area contributed by atoms with E-state index in [1.54, 1.807) is 60.7 Å². The van der Waals surface area contributed by atoms with Crippen LogP contribution in [0.3, 0.4) is 0 Å². The number of hydrogen-bond donors (Lipinski definition) is 5. The molecule has 7 N–H and O–H groups in total. The minimum Gasteiger partial charge on any atom is -0.384 e. The van der Waals surface area contributed by atoms with Crippen molar-refractivity contribution in [2.75, 3.05) is 10.6 Å². The largest absolute Gasteiger partial charge is 0.384 e. The molecular weight excluding hydrogens is 438 g/mol. The number of nitrogens with one attached hydrogen (secondary N) is 3. The number of primary sulfonamides is 1. The molecule has 3 rings (SSSR count). The van der Waals surface area contributed by atoms with E-state index in [1.807, 2.05) is 13.0 Å². The monoisotopic (exact) mass is 465 g/mol. The molecular formula is C24H27N5O3S. The van der Waals surface area contributed by atoms with Crippen molar-refractivity contribution in [3.63, 3.8) is 0 Å². The van der Waals surface area contributed by atoms with Crippen molar-refractivity contribution in [1.82, 2.24) is 0 Å². The lowest BCUT2D eigenvalue weighted by Crippen LogP contribution is -2.34. The van der Waals surface area contributed by atoms with Crippen molar-refractivity contribution in [2.45, 2.75) is 30.7 Å². The molecule has 1 amide bonds. The summed E-state index contributed by atoms with van der Waals surface area (Å²) in [6, 6.07) is 20.0. The number of amides is 1. The van der Waals surface area contributed by atoms with Gasteiger partial charge in [-0.1, -0.05) is 55.8 Å². The number of sulfonamides is 1. The van der Waals surface area contributed by atoms with Crippen LogP contribution in [0.25, 0.3) is 11.1 Å². The zero-order chi connectivity index (χ0) is 24.0. The van der Waals surface area contributed by atoms with E-state index < -0.39 is 16.1 Å². The number of nitrogens with two attached hydrogens (primary N) is 2. The molecule has 0 aromatic heterocycles. The molecule has 0 aliphatic heterocycles. The van der Waals surface area contributed by atoms with Crippen LogP contribution in [0.5, 0.6) is 0 Å². The van der Waals surface area contributed by atoms with Gasteiger partial charge >= 0.3 is 0 Å². The SMILES string of the molecule is CCC[C@H](Nc1cccc(C(=N)N)c1)C(=O)Nc1ccc(-c2ccccc2S(N)(=O)=O)cc1. The Balaban J connectivity index is 1.76. The normalized spacial score (nSPS) is 12.1. The third-order valence-electron chi connectivity index (χ3n) is 5.07. The summed E-state index contributed by atoms with van der Waals surface area (Å²) in [6.07, 6.45) is 1.40. The molecule has 9 heteroatoms. The van der Waals surface area contributed by atoms with Gasteiger partial charge in [0.25, 0.3) is 0 Å². The Morgan fingerprint density at radius 3 is 2.33 bits per heavy atom. The van der Waals surface area contributed by atoms with E-state index in [-0.39, 0.29) is 16.6 Å². The van der Waals surface area contributed by atoms with Gasteiger partial charge in [-0.25, -0.2) is 13.6 Å². The molecule has 172 valence electrons. The zero-order valence-electron chi connectivity index (χ0n) is 18.2. The molecule has 0 heterocycles. The van der Waals surface area contributed by atoms with Crippen LogP contribution in [0.2, 0.25) is 0 Å². The summed E-state index contributed by atoms with van der Waals surface area (Å²) in [4.78, 5) is 13.0. The van der Waals surface area contributed by atoms with E-state index in [0.717, 1.165) is 6.42 Å². The van der Waals surface area contributed by atoms with Crippen molar-refractivity contribution >= 4 is 33.1 Å².